The van der Waals surface area contributed by atoms with Crippen LogP contribution in [0.15, 0.2) is 97.0 Å². The molecule has 0 bridgehead atoms. The summed E-state index contributed by atoms with van der Waals surface area (Å²) in [6.45, 7) is 3.51. The maximum atomic E-state index is 11.9. The molecule has 0 fully saturated rings. The number of benzene rings is 4. The number of aryl methyl sites for hydroxylation is 2. The van der Waals surface area contributed by atoms with Crippen LogP contribution in [0.4, 0.5) is 22.7 Å². The number of fused-ring (bicyclic) bond motifs is 1. The van der Waals surface area contributed by atoms with E-state index >= 15 is 0 Å². The number of aromatic hydroxyl groups is 1. The van der Waals surface area contributed by atoms with Crippen LogP contribution in [0.2, 0.25) is 0 Å². The molecule has 37 heavy (non-hydrogen) atoms. The Hall–Kier alpha value is -4.00. The third kappa shape index (κ3) is 5.71. The molecule has 0 aliphatic rings. The minimum atomic E-state index is -4.57. The van der Waals surface area contributed by atoms with Crippen LogP contribution in [-0.2, 0) is 20.0 Å². The van der Waals surface area contributed by atoms with Gasteiger partial charge in [-0.1, -0.05) is 24.3 Å². The Bertz CT molecular complexity index is 1810. The number of sulfone groups is 1. The van der Waals surface area contributed by atoms with Gasteiger partial charge in [-0.2, -0.15) is 23.8 Å². The SMILES string of the molecule is Cc1cc(S(C)(=O)=O)ccc1/N=N\c1ccc(/N=N\c2cc(S(=O)(=O)O)c3ccccc3c2O)c(C)c1. The minimum Gasteiger partial charge on any atom is -0.505 e. The molecule has 0 heterocycles. The fourth-order valence-corrected chi connectivity index (χ4v) is 5.03. The Morgan fingerprint density at radius 2 is 1.24 bits per heavy atom. The quantitative estimate of drug-likeness (QED) is 0.207. The van der Waals surface area contributed by atoms with E-state index in [1.165, 1.54) is 24.3 Å². The third-order valence-corrected chi connectivity index (χ3v) is 7.56. The second kappa shape index (κ2) is 9.81. The van der Waals surface area contributed by atoms with E-state index in [1.54, 1.807) is 50.2 Å². The average Bonchev–Trinajstić information content (AvgIpc) is 2.82. The first-order valence-corrected chi connectivity index (χ1v) is 14.1. The minimum absolute atomic E-state index is 0.123. The summed E-state index contributed by atoms with van der Waals surface area (Å²) in [7, 11) is -7.89. The zero-order chi connectivity index (χ0) is 27.0. The van der Waals surface area contributed by atoms with Crippen molar-refractivity contribution in [2.45, 2.75) is 23.6 Å². The highest BCUT2D eigenvalue weighted by Crippen LogP contribution is 2.40. The molecule has 0 aliphatic carbocycles. The van der Waals surface area contributed by atoms with Crippen molar-refractivity contribution in [2.24, 2.45) is 20.5 Å². The van der Waals surface area contributed by atoms with Gasteiger partial charge in [0.05, 0.1) is 22.0 Å². The molecular formula is C25H22N4O6S2. The Kier molecular flexibility index (Phi) is 6.91. The Balaban J connectivity index is 1.63. The van der Waals surface area contributed by atoms with Crippen molar-refractivity contribution in [3.63, 3.8) is 0 Å². The Morgan fingerprint density at radius 1 is 0.676 bits per heavy atom. The van der Waals surface area contributed by atoms with Crippen LogP contribution in [0.3, 0.4) is 0 Å². The molecule has 0 saturated heterocycles. The Morgan fingerprint density at radius 3 is 1.84 bits per heavy atom. The molecule has 4 aromatic carbocycles. The first-order valence-electron chi connectivity index (χ1n) is 10.8. The van der Waals surface area contributed by atoms with Crippen LogP contribution in [0.1, 0.15) is 11.1 Å². The second-order valence-electron chi connectivity index (χ2n) is 8.35. The molecule has 0 saturated carbocycles. The van der Waals surface area contributed by atoms with Crippen molar-refractivity contribution >= 4 is 53.5 Å². The van der Waals surface area contributed by atoms with Crippen molar-refractivity contribution in [1.29, 1.82) is 0 Å². The largest absolute Gasteiger partial charge is 0.505 e. The third-order valence-electron chi connectivity index (χ3n) is 5.55. The highest BCUT2D eigenvalue weighted by molar-refractivity contribution is 7.90. The molecule has 0 radical (unpaired) electrons. The van der Waals surface area contributed by atoms with Gasteiger partial charge in [0.1, 0.15) is 10.6 Å². The molecule has 0 aliphatic heterocycles. The van der Waals surface area contributed by atoms with E-state index in [-0.39, 0.29) is 32.0 Å². The number of rotatable bonds is 6. The van der Waals surface area contributed by atoms with E-state index in [9.17, 15) is 26.5 Å². The van der Waals surface area contributed by atoms with Gasteiger partial charge >= 0.3 is 0 Å². The summed E-state index contributed by atoms with van der Waals surface area (Å²) < 4.78 is 56.8. The van der Waals surface area contributed by atoms with E-state index in [0.717, 1.165) is 12.3 Å². The van der Waals surface area contributed by atoms with Gasteiger partial charge in [0, 0.05) is 17.0 Å². The van der Waals surface area contributed by atoms with Gasteiger partial charge in [0.25, 0.3) is 10.1 Å². The summed E-state index contributed by atoms with van der Waals surface area (Å²) in [5.74, 6) is -0.271. The van der Waals surface area contributed by atoms with Crippen molar-refractivity contribution in [3.05, 3.63) is 77.9 Å². The number of phenols is 1. The molecule has 0 spiro atoms. The normalized spacial score (nSPS) is 12.6. The number of azo groups is 2. The molecule has 12 heteroatoms. The van der Waals surface area contributed by atoms with Gasteiger partial charge in [-0.3, -0.25) is 4.55 Å². The molecule has 0 unspecified atom stereocenters. The molecule has 4 aromatic rings. The van der Waals surface area contributed by atoms with Gasteiger partial charge in [-0.25, -0.2) is 8.42 Å². The Labute approximate surface area is 213 Å². The van der Waals surface area contributed by atoms with Crippen LogP contribution >= 0.6 is 0 Å². The van der Waals surface area contributed by atoms with Crippen LogP contribution in [0.5, 0.6) is 5.75 Å². The highest BCUT2D eigenvalue weighted by Gasteiger charge is 2.19. The maximum Gasteiger partial charge on any atom is 0.295 e. The van der Waals surface area contributed by atoms with Gasteiger partial charge in [0.15, 0.2) is 15.6 Å². The lowest BCUT2D eigenvalue weighted by atomic mass is 10.1. The van der Waals surface area contributed by atoms with Gasteiger partial charge < -0.3 is 5.11 Å². The van der Waals surface area contributed by atoms with E-state index in [2.05, 4.69) is 20.5 Å². The molecule has 2 N–H and O–H groups in total. The number of hydrogen-bond acceptors (Lipinski definition) is 9. The van der Waals surface area contributed by atoms with Crippen LogP contribution < -0.4 is 0 Å². The van der Waals surface area contributed by atoms with E-state index in [1.807, 2.05) is 0 Å². The van der Waals surface area contributed by atoms with E-state index < -0.39 is 20.0 Å². The summed E-state index contributed by atoms with van der Waals surface area (Å²) >= 11 is 0. The molecule has 0 amide bonds. The van der Waals surface area contributed by atoms with Crippen molar-refractivity contribution < 1.29 is 26.5 Å². The molecule has 0 aromatic heterocycles. The number of nitrogens with zero attached hydrogens (tertiary/aromatic N) is 4. The molecule has 4 rings (SSSR count). The summed E-state index contributed by atoms with van der Waals surface area (Å²) in [4.78, 5) is -0.183. The predicted molar refractivity (Wildman–Crippen MR) is 139 cm³/mol. The first-order chi connectivity index (χ1) is 17.3. The van der Waals surface area contributed by atoms with Crippen LogP contribution in [-0.4, -0.2) is 32.8 Å². The molecule has 190 valence electrons. The second-order valence-corrected chi connectivity index (χ2v) is 11.8. The monoisotopic (exact) mass is 538 g/mol. The lowest BCUT2D eigenvalue weighted by Gasteiger charge is -2.08. The van der Waals surface area contributed by atoms with Crippen molar-refractivity contribution in [2.75, 3.05) is 6.26 Å². The molecule has 0 atom stereocenters. The number of phenolic OH excluding ortho intramolecular Hbond substituents is 1. The smallest absolute Gasteiger partial charge is 0.295 e. The molecular weight excluding hydrogens is 516 g/mol. The lowest BCUT2D eigenvalue weighted by Crippen LogP contribution is -1.99. The van der Waals surface area contributed by atoms with E-state index in [4.69, 9.17) is 0 Å². The lowest BCUT2D eigenvalue weighted by molar-refractivity contribution is 0.480. The molecule has 10 nitrogen and oxygen atoms in total. The van der Waals surface area contributed by atoms with E-state index in [0.29, 0.717) is 28.2 Å². The topological polar surface area (TPSA) is 158 Å². The summed E-state index contributed by atoms with van der Waals surface area (Å²) in [6.07, 6.45) is 1.14. The van der Waals surface area contributed by atoms with Crippen molar-refractivity contribution in [3.8, 4) is 5.75 Å². The summed E-state index contributed by atoms with van der Waals surface area (Å²) in [5.41, 5.74) is 2.70. The zero-order valence-corrected chi connectivity index (χ0v) is 21.6. The first kappa shape index (κ1) is 26.1. The average molecular weight is 539 g/mol. The standard InChI is InChI=1S/C25H22N4O6S2/c1-15-12-17(26-27-22-11-9-18(13-16(22)2)36(3,31)32)8-10-21(15)28-29-23-14-24(37(33,34)35)19-6-4-5-7-20(19)25(23)30/h4-14,30H,1-3H3,(H,33,34,35)/b27-26-,29-28-. The van der Waals surface area contributed by atoms with Crippen molar-refractivity contribution in [1.82, 2.24) is 0 Å². The van der Waals surface area contributed by atoms with Gasteiger partial charge in [0.2, 0.25) is 0 Å². The van der Waals surface area contributed by atoms with Crippen LogP contribution in [0, 0.1) is 13.8 Å². The summed E-state index contributed by atoms with van der Waals surface area (Å²) in [5, 5.41) is 27.5. The van der Waals surface area contributed by atoms with Gasteiger partial charge in [-0.05, 0) is 67.4 Å². The fourth-order valence-electron chi connectivity index (χ4n) is 3.61. The fraction of sp³-hybridized carbons (Fsp3) is 0.120. The highest BCUT2D eigenvalue weighted by atomic mass is 32.2. The number of hydrogen-bond donors (Lipinski definition) is 2. The predicted octanol–water partition coefficient (Wildman–Crippen LogP) is 6.64. The maximum absolute atomic E-state index is 11.9. The van der Waals surface area contributed by atoms with Gasteiger partial charge in [-0.15, -0.1) is 5.11 Å². The zero-order valence-electron chi connectivity index (χ0n) is 20.0. The summed E-state index contributed by atoms with van der Waals surface area (Å²) in [6, 6.07) is 16.8. The van der Waals surface area contributed by atoms with Crippen LogP contribution in [0.25, 0.3) is 10.8 Å².